The van der Waals surface area contributed by atoms with Crippen LogP contribution in [0.25, 0.3) is 0 Å². The van der Waals surface area contributed by atoms with Crippen LogP contribution in [0.5, 0.6) is 0 Å². The van der Waals surface area contributed by atoms with Crippen molar-refractivity contribution in [1.29, 1.82) is 0 Å². The predicted molar refractivity (Wildman–Crippen MR) is 84.2 cm³/mol. The Morgan fingerprint density at radius 3 is 2.28 bits per heavy atom. The van der Waals surface area contributed by atoms with Gasteiger partial charge in [-0.2, -0.15) is 0 Å². The van der Waals surface area contributed by atoms with Gasteiger partial charge in [-0.1, -0.05) is 56.5 Å². The molecule has 1 aromatic carbocycles. The fourth-order valence-corrected chi connectivity index (χ4v) is 2.88. The SMILES string of the molecule is CCCCCCC(=O)N[C@H](c1ccccc1)[C@H](C)OP(=O)([O-])[O-].[Na+].[Na+]. The molecule has 6 nitrogen and oxygen atoms in total. The number of unbranched alkanes of at least 4 members (excludes halogenated alkanes) is 3. The molecule has 1 aromatic rings. The van der Waals surface area contributed by atoms with Gasteiger partial charge in [0.25, 0.3) is 0 Å². The van der Waals surface area contributed by atoms with Gasteiger partial charge in [-0.15, -0.1) is 0 Å². The number of carbonyl (C=O) groups is 1. The van der Waals surface area contributed by atoms with E-state index in [1.165, 1.54) is 6.92 Å². The molecule has 0 saturated carbocycles. The third-order valence-electron chi connectivity index (χ3n) is 3.50. The maximum atomic E-state index is 12.1. The monoisotopic (exact) mass is 387 g/mol. The van der Waals surface area contributed by atoms with Crippen LogP contribution in [0.2, 0.25) is 0 Å². The third-order valence-corrected chi connectivity index (χ3v) is 4.09. The summed E-state index contributed by atoms with van der Waals surface area (Å²) in [5, 5.41) is 2.77. The Bertz CT molecular complexity index is 527. The van der Waals surface area contributed by atoms with Crippen molar-refractivity contribution in [2.45, 2.75) is 58.1 Å². The second kappa shape index (κ2) is 14.8. The van der Waals surface area contributed by atoms with Crippen molar-refractivity contribution < 1.29 is 82.8 Å². The minimum Gasteiger partial charge on any atom is -0.790 e. The number of rotatable bonds is 10. The largest absolute Gasteiger partial charge is 1.00 e. The summed E-state index contributed by atoms with van der Waals surface area (Å²) >= 11 is 0. The van der Waals surface area contributed by atoms with Crippen LogP contribution in [0.4, 0.5) is 0 Å². The number of carbonyl (C=O) groups excluding carboxylic acids is 1. The zero-order valence-corrected chi connectivity index (χ0v) is 20.5. The van der Waals surface area contributed by atoms with Crippen molar-refractivity contribution in [3.63, 3.8) is 0 Å². The topological polar surface area (TPSA) is 102 Å². The Morgan fingerprint density at radius 1 is 1.16 bits per heavy atom. The van der Waals surface area contributed by atoms with E-state index in [9.17, 15) is 19.1 Å². The van der Waals surface area contributed by atoms with Crippen molar-refractivity contribution in [1.82, 2.24) is 5.32 Å². The second-order valence-electron chi connectivity index (χ2n) is 5.52. The molecule has 1 amide bonds. The van der Waals surface area contributed by atoms with Crippen LogP contribution in [0.15, 0.2) is 30.3 Å². The average Bonchev–Trinajstić information content (AvgIpc) is 2.48. The van der Waals surface area contributed by atoms with Gasteiger partial charge in [-0.3, -0.25) is 4.79 Å². The normalized spacial score (nSPS) is 13.1. The summed E-state index contributed by atoms with van der Waals surface area (Å²) < 4.78 is 15.4. The first-order chi connectivity index (χ1) is 10.8. The second-order valence-corrected chi connectivity index (χ2v) is 6.63. The third kappa shape index (κ3) is 12.7. The quantitative estimate of drug-likeness (QED) is 0.251. The van der Waals surface area contributed by atoms with Gasteiger partial charge in [0.2, 0.25) is 5.91 Å². The van der Waals surface area contributed by atoms with Crippen molar-refractivity contribution in [3.05, 3.63) is 35.9 Å². The van der Waals surface area contributed by atoms with Crippen LogP contribution in [-0.4, -0.2) is 12.0 Å². The molecule has 0 aromatic heterocycles. The molecule has 0 fully saturated rings. The van der Waals surface area contributed by atoms with Gasteiger partial charge in [0.1, 0.15) is 0 Å². The van der Waals surface area contributed by atoms with Gasteiger partial charge < -0.3 is 24.2 Å². The Balaban J connectivity index is 0. The molecule has 0 radical (unpaired) electrons. The van der Waals surface area contributed by atoms with Crippen LogP contribution >= 0.6 is 7.82 Å². The Morgan fingerprint density at radius 2 is 1.76 bits per heavy atom. The molecule has 0 aliphatic heterocycles. The molecule has 0 bridgehead atoms. The fraction of sp³-hybridized carbons (Fsp3) is 0.562. The van der Waals surface area contributed by atoms with E-state index < -0.39 is 20.0 Å². The van der Waals surface area contributed by atoms with Gasteiger partial charge in [0.15, 0.2) is 0 Å². The number of hydrogen-bond donors (Lipinski definition) is 1. The molecule has 9 heteroatoms. The van der Waals surface area contributed by atoms with E-state index in [4.69, 9.17) is 0 Å². The molecule has 25 heavy (non-hydrogen) atoms. The van der Waals surface area contributed by atoms with Gasteiger partial charge >= 0.3 is 59.1 Å². The first-order valence-electron chi connectivity index (χ1n) is 7.88. The van der Waals surface area contributed by atoms with E-state index in [0.29, 0.717) is 12.0 Å². The van der Waals surface area contributed by atoms with E-state index >= 15 is 0 Å². The van der Waals surface area contributed by atoms with Crippen LogP contribution in [-0.2, 0) is 13.9 Å². The van der Waals surface area contributed by atoms with Crippen LogP contribution < -0.4 is 74.2 Å². The standard InChI is InChI=1S/C16H26NO5P.2Na/c1-3-4-5-9-12-15(18)17-16(13(2)22-23(19,20)21)14-10-7-6-8-11-14;;/h6-8,10-11,13,16H,3-5,9,12H2,1-2H3,(H,17,18)(H2,19,20,21);;/q;2*+1/p-2/t13-,16-;;/m0../s1. The Kier molecular flexibility index (Phi) is 16.6. The molecular formula is C16H24NNa2O5P. The molecule has 0 spiro atoms. The van der Waals surface area contributed by atoms with Gasteiger partial charge in [-0.05, 0) is 18.9 Å². The number of phosphoric ester groups is 1. The van der Waals surface area contributed by atoms with E-state index in [1.807, 2.05) is 6.07 Å². The zero-order valence-electron chi connectivity index (χ0n) is 15.6. The molecule has 2 atom stereocenters. The van der Waals surface area contributed by atoms with Crippen molar-refractivity contribution in [2.24, 2.45) is 0 Å². The molecule has 0 aliphatic carbocycles. The van der Waals surface area contributed by atoms with Crippen molar-refractivity contribution >= 4 is 13.7 Å². The van der Waals surface area contributed by atoms with Gasteiger partial charge in [-0.25, -0.2) is 0 Å². The Labute approximate surface area is 194 Å². The minimum absolute atomic E-state index is 0. The average molecular weight is 387 g/mol. The number of nitrogens with one attached hydrogen (secondary N) is 1. The summed E-state index contributed by atoms with van der Waals surface area (Å²) in [5.74, 6) is -0.183. The van der Waals surface area contributed by atoms with E-state index in [-0.39, 0.29) is 65.0 Å². The fourth-order valence-electron chi connectivity index (χ4n) is 2.35. The van der Waals surface area contributed by atoms with E-state index in [1.54, 1.807) is 24.3 Å². The minimum atomic E-state index is -5.12. The maximum Gasteiger partial charge on any atom is 1.00 e. The van der Waals surface area contributed by atoms with Crippen LogP contribution in [0.1, 0.15) is 57.6 Å². The Hall–Kier alpha value is 0.800. The van der Waals surface area contributed by atoms with E-state index in [2.05, 4.69) is 16.8 Å². The number of hydrogen-bond acceptors (Lipinski definition) is 5. The van der Waals surface area contributed by atoms with E-state index in [0.717, 1.165) is 25.7 Å². The van der Waals surface area contributed by atoms with Gasteiger partial charge in [0, 0.05) is 6.42 Å². The van der Waals surface area contributed by atoms with Crippen molar-refractivity contribution in [3.8, 4) is 0 Å². The summed E-state index contributed by atoms with van der Waals surface area (Å²) in [4.78, 5) is 33.8. The molecule has 0 unspecified atom stereocenters. The van der Waals surface area contributed by atoms with Crippen LogP contribution in [0.3, 0.4) is 0 Å². The van der Waals surface area contributed by atoms with Crippen LogP contribution in [0, 0.1) is 0 Å². The summed E-state index contributed by atoms with van der Waals surface area (Å²) in [6, 6.07) is 8.17. The zero-order chi connectivity index (χ0) is 17.3. The molecule has 1 rings (SSSR count). The first-order valence-corrected chi connectivity index (χ1v) is 9.34. The maximum absolute atomic E-state index is 12.1. The van der Waals surface area contributed by atoms with Gasteiger partial charge in [0.05, 0.1) is 20.0 Å². The summed E-state index contributed by atoms with van der Waals surface area (Å²) in [7, 11) is -5.12. The molecule has 130 valence electrons. The summed E-state index contributed by atoms with van der Waals surface area (Å²) in [5.41, 5.74) is 0.690. The molecule has 0 heterocycles. The number of benzene rings is 1. The molecule has 1 N–H and O–H groups in total. The summed E-state index contributed by atoms with van der Waals surface area (Å²) in [6.45, 7) is 3.55. The molecule has 0 aliphatic rings. The number of phosphoric acid groups is 1. The first kappa shape index (κ1) is 28.0. The molecule has 0 saturated heterocycles. The smallest absolute Gasteiger partial charge is 0.790 e. The predicted octanol–water partition coefficient (Wildman–Crippen LogP) is -3.94. The molecular weight excluding hydrogens is 363 g/mol. The van der Waals surface area contributed by atoms with Crippen molar-refractivity contribution in [2.75, 3.05) is 0 Å². The summed E-state index contributed by atoms with van der Waals surface area (Å²) in [6.07, 6.45) is 3.30. The number of amides is 1.